The monoisotopic (exact) mass is 848 g/mol. The van der Waals surface area contributed by atoms with Crippen LogP contribution in [0.15, 0.2) is 99.8 Å². The Labute approximate surface area is 347 Å². The van der Waals surface area contributed by atoms with E-state index in [1.807, 2.05) is 20.8 Å². The molecule has 17 heteroatoms. The molecule has 4 aromatic heterocycles. The van der Waals surface area contributed by atoms with Crippen LogP contribution < -0.4 is 21.7 Å². The number of hydrogen-bond donors (Lipinski definition) is 3. The van der Waals surface area contributed by atoms with Gasteiger partial charge in [-0.3, -0.25) is 29.0 Å². The van der Waals surface area contributed by atoms with Crippen molar-refractivity contribution in [3.63, 3.8) is 0 Å². The quantitative estimate of drug-likeness (QED) is 0.163. The number of carbonyl (C=O) groups excluding carboxylic acids is 2. The van der Waals surface area contributed by atoms with Crippen LogP contribution in [0.1, 0.15) is 54.5 Å². The molecule has 5 heterocycles. The third kappa shape index (κ3) is 9.70. The second-order valence-corrected chi connectivity index (χ2v) is 15.4. The van der Waals surface area contributed by atoms with E-state index in [-0.39, 0.29) is 70.7 Å². The minimum atomic E-state index is -0.816. The van der Waals surface area contributed by atoms with Crippen LogP contribution in [0.25, 0.3) is 16.8 Å². The molecule has 0 aliphatic carbocycles. The Morgan fingerprint density at radius 1 is 0.881 bits per heavy atom. The van der Waals surface area contributed by atoms with Gasteiger partial charge in [-0.15, -0.1) is 12.4 Å². The van der Waals surface area contributed by atoms with Gasteiger partial charge >= 0.3 is 0 Å². The molecule has 1 aliphatic heterocycles. The maximum absolute atomic E-state index is 13.4. The predicted molar refractivity (Wildman–Crippen MR) is 222 cm³/mol. The smallest absolute Gasteiger partial charge is 0.279 e. The zero-order chi connectivity index (χ0) is 42.1. The molecule has 7 rings (SSSR count). The van der Waals surface area contributed by atoms with Gasteiger partial charge in [0.05, 0.1) is 22.8 Å². The first-order valence-corrected chi connectivity index (χ1v) is 18.4. The molecule has 0 radical (unpaired) electrons. The summed E-state index contributed by atoms with van der Waals surface area (Å²) in [4.78, 5) is 68.8. The third-order valence-electron chi connectivity index (χ3n) is 9.23. The first-order chi connectivity index (χ1) is 27.4. The van der Waals surface area contributed by atoms with E-state index in [4.69, 9.17) is 11.6 Å². The minimum Gasteiger partial charge on any atom is -0.503 e. The maximum atomic E-state index is 13.4. The van der Waals surface area contributed by atoms with Gasteiger partial charge in [-0.2, -0.15) is 0 Å². The minimum absolute atomic E-state index is 0. The van der Waals surface area contributed by atoms with Crippen LogP contribution in [0.3, 0.4) is 0 Å². The fraction of sp³-hybridized carbons (Fsp3) is 0.238. The van der Waals surface area contributed by atoms with Gasteiger partial charge in [-0.25, -0.2) is 8.78 Å². The zero-order valence-corrected chi connectivity index (χ0v) is 33.9. The largest absolute Gasteiger partial charge is 0.503 e. The molecule has 2 aromatic carbocycles. The van der Waals surface area contributed by atoms with E-state index in [0.29, 0.717) is 35.6 Å². The van der Waals surface area contributed by atoms with Crippen molar-refractivity contribution < 1.29 is 28.6 Å². The predicted octanol–water partition coefficient (Wildman–Crippen LogP) is 6.52. The average Bonchev–Trinajstić information content (AvgIpc) is 3.16. The lowest BCUT2D eigenvalue weighted by Crippen LogP contribution is -2.41. The summed E-state index contributed by atoms with van der Waals surface area (Å²) in [5.41, 5.74) is -0.199. The van der Waals surface area contributed by atoms with Gasteiger partial charge in [0.25, 0.3) is 11.5 Å². The standard InChI is InChI=1S/C21H23ClFN3O4.C21H16FN3O3.ClH/c1-21(2,3)9-16(27)24-15-11-25-6-7-26(20(30)17(25)19(29)18(15)28)10-12-4-5-14(23)13(22)8-12;1-13-10-24(11-14-5-4-6-15(22)9-14)21(28)18-20(27)19(26)16(12-25(13)18)17-7-2-3-8-23-17;/h4-5,8,11,29H,6-7,9-10H2,1-3H3,(H,24,27);2-10,12,27H,11H2,1H3;1H. The highest BCUT2D eigenvalue weighted by molar-refractivity contribution is 6.30. The second kappa shape index (κ2) is 17.7. The van der Waals surface area contributed by atoms with Gasteiger partial charge in [0.2, 0.25) is 16.8 Å². The second-order valence-electron chi connectivity index (χ2n) is 15.0. The summed E-state index contributed by atoms with van der Waals surface area (Å²) in [6.45, 7) is 8.31. The first-order valence-electron chi connectivity index (χ1n) is 18.1. The number of fused-ring (bicyclic) bond motifs is 2. The Balaban J connectivity index is 0.000000221. The topological polar surface area (TPSA) is 168 Å². The number of anilines is 1. The van der Waals surface area contributed by atoms with Crippen molar-refractivity contribution in [3.05, 3.63) is 155 Å². The van der Waals surface area contributed by atoms with E-state index in [0.717, 1.165) is 0 Å². The molecule has 0 bridgehead atoms. The van der Waals surface area contributed by atoms with Gasteiger partial charge in [0, 0.05) is 56.5 Å². The number of halogens is 4. The molecule has 0 saturated carbocycles. The fourth-order valence-electron chi connectivity index (χ4n) is 6.53. The molecule has 0 atom stereocenters. The fourth-order valence-corrected chi connectivity index (χ4v) is 6.73. The lowest BCUT2D eigenvalue weighted by molar-refractivity contribution is -0.117. The number of nitrogens with zero attached hydrogens (tertiary/aromatic N) is 5. The van der Waals surface area contributed by atoms with E-state index in [1.54, 1.807) is 49.6 Å². The van der Waals surface area contributed by atoms with Crippen molar-refractivity contribution in [1.82, 2.24) is 23.4 Å². The van der Waals surface area contributed by atoms with Crippen LogP contribution in [-0.2, 0) is 24.4 Å². The summed E-state index contributed by atoms with van der Waals surface area (Å²) in [5.74, 6) is -3.19. The van der Waals surface area contributed by atoms with Crippen molar-refractivity contribution in [1.29, 1.82) is 0 Å². The number of nitrogens with one attached hydrogen (secondary N) is 1. The molecule has 1 aliphatic rings. The van der Waals surface area contributed by atoms with Gasteiger partial charge in [0.15, 0.2) is 22.7 Å². The average molecular weight is 850 g/mol. The van der Waals surface area contributed by atoms with Gasteiger partial charge in [-0.05, 0) is 59.9 Å². The van der Waals surface area contributed by atoms with Crippen molar-refractivity contribution in [2.24, 2.45) is 5.41 Å². The summed E-state index contributed by atoms with van der Waals surface area (Å²) in [6, 6.07) is 15.2. The van der Waals surface area contributed by atoms with Crippen LogP contribution in [0.5, 0.6) is 11.5 Å². The van der Waals surface area contributed by atoms with Crippen molar-refractivity contribution in [2.75, 3.05) is 11.9 Å². The van der Waals surface area contributed by atoms with Crippen molar-refractivity contribution in [3.8, 4) is 22.8 Å². The number of hydrogen-bond acceptors (Lipinski definition) is 8. The number of rotatable bonds is 7. The Bertz CT molecular complexity index is 2770. The van der Waals surface area contributed by atoms with Crippen molar-refractivity contribution in [2.45, 2.75) is 53.8 Å². The molecular formula is C42H40Cl2F2N6O7. The number of amides is 2. The number of pyridine rings is 3. The zero-order valence-electron chi connectivity index (χ0n) is 32.3. The Hall–Kier alpha value is -6.32. The maximum Gasteiger partial charge on any atom is 0.279 e. The Morgan fingerprint density at radius 2 is 1.61 bits per heavy atom. The lowest BCUT2D eigenvalue weighted by atomic mass is 9.92. The molecule has 308 valence electrons. The number of carbonyl (C=O) groups is 2. The number of aryl methyl sites for hydroxylation is 1. The highest BCUT2D eigenvalue weighted by atomic mass is 35.5. The Kier molecular flexibility index (Phi) is 13.1. The highest BCUT2D eigenvalue weighted by Crippen LogP contribution is 2.26. The summed E-state index contributed by atoms with van der Waals surface area (Å²) >= 11 is 5.80. The van der Waals surface area contributed by atoms with E-state index < -0.39 is 45.5 Å². The summed E-state index contributed by atoms with van der Waals surface area (Å²) < 4.78 is 31.1. The molecule has 0 saturated heterocycles. The van der Waals surface area contributed by atoms with Gasteiger partial charge in [0.1, 0.15) is 17.3 Å². The van der Waals surface area contributed by atoms with Crippen LogP contribution in [0, 0.1) is 24.0 Å². The van der Waals surface area contributed by atoms with Crippen LogP contribution in [0.2, 0.25) is 5.02 Å². The first kappa shape index (κ1) is 43.8. The van der Waals surface area contributed by atoms with Crippen LogP contribution >= 0.6 is 24.0 Å². The molecule has 6 aromatic rings. The lowest BCUT2D eigenvalue weighted by Gasteiger charge is -2.30. The van der Waals surface area contributed by atoms with Crippen LogP contribution in [-0.4, -0.2) is 52.0 Å². The molecule has 59 heavy (non-hydrogen) atoms. The Morgan fingerprint density at radius 3 is 2.27 bits per heavy atom. The van der Waals surface area contributed by atoms with E-state index in [9.17, 15) is 43.0 Å². The van der Waals surface area contributed by atoms with Crippen LogP contribution in [0.4, 0.5) is 14.5 Å². The number of aromatic hydroxyl groups is 2. The number of aromatic nitrogens is 4. The molecule has 0 spiro atoms. The highest BCUT2D eigenvalue weighted by Gasteiger charge is 2.30. The van der Waals surface area contributed by atoms with Gasteiger partial charge < -0.3 is 34.0 Å². The third-order valence-corrected chi connectivity index (χ3v) is 9.52. The molecule has 2 amide bonds. The number of benzene rings is 2. The van der Waals surface area contributed by atoms with Crippen molar-refractivity contribution >= 4 is 47.0 Å². The van der Waals surface area contributed by atoms with Gasteiger partial charge in [-0.1, -0.05) is 56.6 Å². The summed E-state index contributed by atoms with van der Waals surface area (Å²) in [7, 11) is 0. The molecule has 0 fully saturated rings. The molecule has 13 nitrogen and oxygen atoms in total. The van der Waals surface area contributed by atoms with E-state index >= 15 is 0 Å². The molecule has 3 N–H and O–H groups in total. The summed E-state index contributed by atoms with van der Waals surface area (Å²) in [6.07, 6.45) is 6.23. The summed E-state index contributed by atoms with van der Waals surface area (Å²) in [5, 5.41) is 23.4. The molecule has 0 unspecified atom stereocenters. The van der Waals surface area contributed by atoms with E-state index in [1.165, 1.54) is 61.2 Å². The van der Waals surface area contributed by atoms with E-state index in [2.05, 4.69) is 10.3 Å². The normalized spacial score (nSPS) is 12.3. The SMILES string of the molecule is CC(C)(C)CC(=O)Nc1cn2c(c(O)c1=O)C(=O)N(Cc1ccc(F)c(Cl)c1)CC2.Cc1cn(Cc2cccc(F)c2)c(=O)c2c(O)c(=O)c(-c3ccccn3)cn12.Cl. The molecular weight excluding hydrogens is 809 g/mol.